The second kappa shape index (κ2) is 5.04. The lowest BCUT2D eigenvalue weighted by molar-refractivity contribution is 0.326. The van der Waals surface area contributed by atoms with Gasteiger partial charge in [-0.05, 0) is 30.2 Å². The number of ether oxygens (including phenoxy) is 1. The van der Waals surface area contributed by atoms with E-state index in [1.165, 1.54) is 0 Å². The summed E-state index contributed by atoms with van der Waals surface area (Å²) in [7, 11) is 1.67. The minimum absolute atomic E-state index is 0.310. The average molecular weight is 241 g/mol. The summed E-state index contributed by atoms with van der Waals surface area (Å²) in [4.78, 5) is 2.32. The summed E-state index contributed by atoms with van der Waals surface area (Å²) >= 11 is 6.15. The molecule has 0 radical (unpaired) electrons. The summed E-state index contributed by atoms with van der Waals surface area (Å²) in [5.74, 6) is 0.850. The highest BCUT2D eigenvalue weighted by Gasteiger charge is 2.19. The maximum atomic E-state index is 6.15. The van der Waals surface area contributed by atoms with Crippen LogP contribution in [0.2, 0.25) is 5.02 Å². The Bertz CT molecular complexity index is 370. The third-order valence-electron chi connectivity index (χ3n) is 2.96. The molecule has 0 aromatic heterocycles. The van der Waals surface area contributed by atoms with Gasteiger partial charge in [-0.25, -0.2) is 0 Å². The zero-order valence-electron chi connectivity index (χ0n) is 9.45. The van der Waals surface area contributed by atoms with Crippen LogP contribution in [0.3, 0.4) is 0 Å². The van der Waals surface area contributed by atoms with E-state index >= 15 is 0 Å². The van der Waals surface area contributed by atoms with Gasteiger partial charge < -0.3 is 10.5 Å². The molecule has 1 atom stereocenters. The second-order valence-corrected chi connectivity index (χ2v) is 4.65. The van der Waals surface area contributed by atoms with E-state index in [0.29, 0.717) is 6.04 Å². The van der Waals surface area contributed by atoms with Crippen molar-refractivity contribution in [2.45, 2.75) is 19.0 Å². The summed E-state index contributed by atoms with van der Waals surface area (Å²) in [5, 5.41) is 0.793. The first-order valence-corrected chi connectivity index (χ1v) is 5.87. The molecule has 3 nitrogen and oxygen atoms in total. The van der Waals surface area contributed by atoms with Gasteiger partial charge in [-0.3, -0.25) is 4.90 Å². The van der Waals surface area contributed by atoms with Gasteiger partial charge in [0.25, 0.3) is 0 Å². The topological polar surface area (TPSA) is 38.5 Å². The van der Waals surface area contributed by atoms with E-state index < -0.39 is 0 Å². The van der Waals surface area contributed by atoms with Crippen molar-refractivity contribution in [1.82, 2.24) is 4.90 Å². The van der Waals surface area contributed by atoms with Gasteiger partial charge in [0, 0.05) is 30.7 Å². The molecule has 4 heteroatoms. The summed E-state index contributed by atoms with van der Waals surface area (Å²) in [5.41, 5.74) is 6.98. The minimum atomic E-state index is 0.310. The minimum Gasteiger partial charge on any atom is -0.497 e. The van der Waals surface area contributed by atoms with E-state index in [2.05, 4.69) is 4.90 Å². The highest BCUT2D eigenvalue weighted by molar-refractivity contribution is 6.31. The van der Waals surface area contributed by atoms with Crippen LogP contribution in [0.1, 0.15) is 12.0 Å². The Labute approximate surface area is 101 Å². The third kappa shape index (κ3) is 2.67. The number of rotatable bonds is 3. The second-order valence-electron chi connectivity index (χ2n) is 4.24. The first-order valence-electron chi connectivity index (χ1n) is 5.49. The van der Waals surface area contributed by atoms with E-state index in [9.17, 15) is 0 Å². The summed E-state index contributed by atoms with van der Waals surface area (Å²) < 4.78 is 5.19. The lowest BCUT2D eigenvalue weighted by Gasteiger charge is -2.16. The smallest absolute Gasteiger partial charge is 0.119 e. The van der Waals surface area contributed by atoms with Crippen molar-refractivity contribution in [2.75, 3.05) is 20.2 Å². The first kappa shape index (κ1) is 11.7. The Kier molecular flexibility index (Phi) is 3.69. The fourth-order valence-electron chi connectivity index (χ4n) is 2.05. The van der Waals surface area contributed by atoms with Crippen LogP contribution in [0.15, 0.2) is 18.2 Å². The van der Waals surface area contributed by atoms with Gasteiger partial charge in [-0.1, -0.05) is 11.6 Å². The van der Waals surface area contributed by atoms with E-state index in [0.717, 1.165) is 42.4 Å². The van der Waals surface area contributed by atoms with Gasteiger partial charge in [-0.15, -0.1) is 0 Å². The van der Waals surface area contributed by atoms with Crippen LogP contribution in [0, 0.1) is 0 Å². The quantitative estimate of drug-likeness (QED) is 0.877. The third-order valence-corrected chi connectivity index (χ3v) is 3.32. The lowest BCUT2D eigenvalue weighted by Crippen LogP contribution is -2.26. The molecule has 0 aliphatic carbocycles. The molecular weight excluding hydrogens is 224 g/mol. The largest absolute Gasteiger partial charge is 0.497 e. The van der Waals surface area contributed by atoms with Crippen molar-refractivity contribution >= 4 is 11.6 Å². The molecule has 1 aromatic rings. The number of hydrogen-bond donors (Lipinski definition) is 1. The number of nitrogens with two attached hydrogens (primary N) is 1. The van der Waals surface area contributed by atoms with Crippen LogP contribution in [-0.2, 0) is 6.54 Å². The van der Waals surface area contributed by atoms with Gasteiger partial charge in [-0.2, -0.15) is 0 Å². The number of halogens is 1. The average Bonchev–Trinajstić information content (AvgIpc) is 2.67. The van der Waals surface area contributed by atoms with Gasteiger partial charge in [0.15, 0.2) is 0 Å². The number of nitrogens with zero attached hydrogens (tertiary/aromatic N) is 1. The van der Waals surface area contributed by atoms with Crippen molar-refractivity contribution in [1.29, 1.82) is 0 Å². The zero-order chi connectivity index (χ0) is 11.5. The molecule has 0 spiro atoms. The predicted molar refractivity (Wildman–Crippen MR) is 65.9 cm³/mol. The van der Waals surface area contributed by atoms with Crippen LogP contribution >= 0.6 is 11.6 Å². The van der Waals surface area contributed by atoms with Gasteiger partial charge >= 0.3 is 0 Å². The van der Waals surface area contributed by atoms with Gasteiger partial charge in [0.05, 0.1) is 7.11 Å². The van der Waals surface area contributed by atoms with Crippen molar-refractivity contribution in [2.24, 2.45) is 5.73 Å². The number of benzene rings is 1. The Hall–Kier alpha value is -0.770. The molecule has 1 heterocycles. The molecule has 1 fully saturated rings. The Morgan fingerprint density at radius 3 is 3.00 bits per heavy atom. The van der Waals surface area contributed by atoms with Crippen molar-refractivity contribution < 1.29 is 4.74 Å². The summed E-state index contributed by atoms with van der Waals surface area (Å²) in [6.45, 7) is 2.85. The molecule has 1 aliphatic rings. The van der Waals surface area contributed by atoms with Crippen LogP contribution in [0.4, 0.5) is 0 Å². The molecular formula is C12H17ClN2O. The molecule has 2 N–H and O–H groups in total. The monoisotopic (exact) mass is 240 g/mol. The fraction of sp³-hybridized carbons (Fsp3) is 0.500. The van der Waals surface area contributed by atoms with E-state index in [1.807, 2.05) is 18.2 Å². The van der Waals surface area contributed by atoms with Crippen molar-refractivity contribution in [3.05, 3.63) is 28.8 Å². The fourth-order valence-corrected chi connectivity index (χ4v) is 2.22. The summed E-state index contributed by atoms with van der Waals surface area (Å²) in [6.07, 6.45) is 1.07. The van der Waals surface area contributed by atoms with Crippen LogP contribution in [0.5, 0.6) is 5.75 Å². The van der Waals surface area contributed by atoms with Gasteiger partial charge in [0.1, 0.15) is 5.75 Å². The molecule has 2 rings (SSSR count). The van der Waals surface area contributed by atoms with E-state index in [1.54, 1.807) is 7.11 Å². The molecule has 1 saturated heterocycles. The SMILES string of the molecule is COc1ccc(Cl)c(CN2CC[C@@H](N)C2)c1. The van der Waals surface area contributed by atoms with Crippen LogP contribution in [0.25, 0.3) is 0 Å². The lowest BCUT2D eigenvalue weighted by atomic mass is 10.2. The molecule has 0 unspecified atom stereocenters. The number of methoxy groups -OCH3 is 1. The molecule has 0 saturated carbocycles. The molecule has 1 aliphatic heterocycles. The summed E-state index contributed by atoms with van der Waals surface area (Å²) in [6, 6.07) is 6.06. The maximum Gasteiger partial charge on any atom is 0.119 e. The molecule has 0 bridgehead atoms. The van der Waals surface area contributed by atoms with Crippen LogP contribution < -0.4 is 10.5 Å². The first-order chi connectivity index (χ1) is 7.69. The Morgan fingerprint density at radius 1 is 1.56 bits per heavy atom. The van der Waals surface area contributed by atoms with E-state index in [4.69, 9.17) is 22.1 Å². The van der Waals surface area contributed by atoms with Gasteiger partial charge in [0.2, 0.25) is 0 Å². The van der Waals surface area contributed by atoms with E-state index in [-0.39, 0.29) is 0 Å². The number of likely N-dealkylation sites (tertiary alicyclic amines) is 1. The molecule has 1 aromatic carbocycles. The molecule has 0 amide bonds. The predicted octanol–water partition coefficient (Wildman–Crippen LogP) is 1.88. The number of hydrogen-bond acceptors (Lipinski definition) is 3. The Balaban J connectivity index is 2.08. The van der Waals surface area contributed by atoms with Crippen molar-refractivity contribution in [3.63, 3.8) is 0 Å². The van der Waals surface area contributed by atoms with Crippen molar-refractivity contribution in [3.8, 4) is 5.75 Å². The zero-order valence-corrected chi connectivity index (χ0v) is 10.2. The standard InChI is InChI=1S/C12H17ClN2O/c1-16-11-2-3-12(13)9(6-11)7-15-5-4-10(14)8-15/h2-3,6,10H,4-5,7-8,14H2,1H3/t10-/m1/s1. The maximum absolute atomic E-state index is 6.15. The highest BCUT2D eigenvalue weighted by Crippen LogP contribution is 2.24. The van der Waals surface area contributed by atoms with Crippen LogP contribution in [-0.4, -0.2) is 31.1 Å². The highest BCUT2D eigenvalue weighted by atomic mass is 35.5. The Morgan fingerprint density at radius 2 is 2.38 bits per heavy atom. The molecule has 88 valence electrons. The molecule has 16 heavy (non-hydrogen) atoms. The normalized spacial score (nSPS) is 21.3.